The highest BCUT2D eigenvalue weighted by Crippen LogP contribution is 2.26. The zero-order chi connectivity index (χ0) is 20.8. The number of rotatable bonds is 7. The average Bonchev–Trinajstić information content (AvgIpc) is 2.72. The van der Waals surface area contributed by atoms with E-state index in [1.54, 1.807) is 6.92 Å². The molecule has 1 aliphatic heterocycles. The first-order valence-electron chi connectivity index (χ1n) is 10.4. The van der Waals surface area contributed by atoms with Crippen LogP contribution >= 0.6 is 11.6 Å². The Morgan fingerprint density at radius 1 is 1.07 bits per heavy atom. The molecule has 156 valence electrons. The molecule has 29 heavy (non-hydrogen) atoms. The molecule has 1 aliphatic rings. The summed E-state index contributed by atoms with van der Waals surface area (Å²) in [5, 5.41) is 3.69. The first-order valence-corrected chi connectivity index (χ1v) is 10.8. The number of piperidine rings is 1. The van der Waals surface area contributed by atoms with Gasteiger partial charge in [-0.1, -0.05) is 42.3 Å². The van der Waals surface area contributed by atoms with Crippen molar-refractivity contribution in [2.75, 3.05) is 13.1 Å². The van der Waals surface area contributed by atoms with Crippen molar-refractivity contribution in [3.05, 3.63) is 63.7 Å². The Hall–Kier alpha value is -2.04. The van der Waals surface area contributed by atoms with Gasteiger partial charge < -0.3 is 10.1 Å². The third-order valence-corrected chi connectivity index (χ3v) is 6.03. The van der Waals surface area contributed by atoms with Crippen LogP contribution in [0, 0.1) is 13.8 Å². The summed E-state index contributed by atoms with van der Waals surface area (Å²) < 4.78 is 5.81. The van der Waals surface area contributed by atoms with Crippen molar-refractivity contribution in [3.8, 4) is 5.75 Å². The number of halogens is 1. The lowest BCUT2D eigenvalue weighted by atomic mass is 10.1. The number of likely N-dealkylation sites (tertiary alicyclic amines) is 1. The molecule has 0 saturated carbocycles. The van der Waals surface area contributed by atoms with E-state index in [2.05, 4.69) is 34.5 Å². The number of hydrogen-bond acceptors (Lipinski definition) is 3. The van der Waals surface area contributed by atoms with Gasteiger partial charge in [-0.25, -0.2) is 0 Å². The van der Waals surface area contributed by atoms with Crippen molar-refractivity contribution in [2.45, 2.75) is 59.2 Å². The van der Waals surface area contributed by atoms with Gasteiger partial charge in [0.15, 0.2) is 6.10 Å². The van der Waals surface area contributed by atoms with Crippen molar-refractivity contribution in [1.29, 1.82) is 0 Å². The summed E-state index contributed by atoms with van der Waals surface area (Å²) in [6.07, 6.45) is 3.39. The summed E-state index contributed by atoms with van der Waals surface area (Å²) in [6, 6.07) is 12.2. The molecule has 1 saturated heterocycles. The number of nitrogens with one attached hydrogen (secondary N) is 1. The minimum atomic E-state index is -0.576. The molecular weight excluding hydrogens is 384 g/mol. The third kappa shape index (κ3) is 6.22. The fourth-order valence-corrected chi connectivity index (χ4v) is 3.81. The molecule has 1 N–H and O–H groups in total. The maximum Gasteiger partial charge on any atom is 0.261 e. The van der Waals surface area contributed by atoms with Gasteiger partial charge in [-0.05, 0) is 81.1 Å². The van der Waals surface area contributed by atoms with E-state index in [1.807, 2.05) is 26.0 Å². The standard InChI is InChI=1S/C24H31ClN2O2/c1-17-13-22(14-18(2)23(17)25)29-19(3)24(28)26-15-20-7-9-21(10-8-20)16-27-11-5-4-6-12-27/h7-10,13-14,19H,4-6,11-12,15-16H2,1-3H3,(H,26,28)/t19-/m0/s1. The summed E-state index contributed by atoms with van der Waals surface area (Å²) in [6.45, 7) is 9.53. The molecule has 0 aliphatic carbocycles. The van der Waals surface area contributed by atoms with Gasteiger partial charge in [-0.2, -0.15) is 0 Å². The predicted octanol–water partition coefficient (Wildman–Crippen LogP) is 5.03. The Labute approximate surface area is 179 Å². The molecule has 1 heterocycles. The minimum Gasteiger partial charge on any atom is -0.481 e. The topological polar surface area (TPSA) is 41.6 Å². The van der Waals surface area contributed by atoms with Gasteiger partial charge in [0.1, 0.15) is 5.75 Å². The van der Waals surface area contributed by atoms with Gasteiger partial charge in [0.25, 0.3) is 5.91 Å². The van der Waals surface area contributed by atoms with Crippen LogP contribution in [-0.4, -0.2) is 30.0 Å². The molecule has 5 heteroatoms. The molecule has 2 aromatic carbocycles. The van der Waals surface area contributed by atoms with E-state index < -0.39 is 6.10 Å². The van der Waals surface area contributed by atoms with Crippen LogP contribution in [0.25, 0.3) is 0 Å². The Morgan fingerprint density at radius 3 is 2.28 bits per heavy atom. The molecule has 0 unspecified atom stereocenters. The van der Waals surface area contributed by atoms with Crippen LogP contribution in [0.2, 0.25) is 5.02 Å². The van der Waals surface area contributed by atoms with Crippen LogP contribution in [0.1, 0.15) is 48.4 Å². The number of hydrogen-bond donors (Lipinski definition) is 1. The van der Waals surface area contributed by atoms with Crippen molar-refractivity contribution in [1.82, 2.24) is 10.2 Å². The maximum atomic E-state index is 12.4. The summed E-state index contributed by atoms with van der Waals surface area (Å²) in [5.41, 5.74) is 4.30. The van der Waals surface area contributed by atoms with Gasteiger partial charge in [-0.3, -0.25) is 9.69 Å². The molecule has 0 bridgehead atoms. The number of aryl methyl sites for hydroxylation is 2. The van der Waals surface area contributed by atoms with Gasteiger partial charge in [0.2, 0.25) is 0 Å². The van der Waals surface area contributed by atoms with Crippen molar-refractivity contribution in [2.24, 2.45) is 0 Å². The van der Waals surface area contributed by atoms with Crippen molar-refractivity contribution < 1.29 is 9.53 Å². The van der Waals surface area contributed by atoms with E-state index in [1.165, 1.54) is 37.9 Å². The molecule has 0 aromatic heterocycles. The number of amides is 1. The number of carbonyl (C=O) groups excluding carboxylic acids is 1. The van der Waals surface area contributed by atoms with Crippen LogP contribution in [0.4, 0.5) is 0 Å². The molecule has 2 aromatic rings. The lowest BCUT2D eigenvalue weighted by Gasteiger charge is -2.26. The normalized spacial score (nSPS) is 15.7. The fraction of sp³-hybridized carbons (Fsp3) is 0.458. The molecule has 3 rings (SSSR count). The summed E-state index contributed by atoms with van der Waals surface area (Å²) in [7, 11) is 0. The van der Waals surface area contributed by atoms with E-state index in [0.29, 0.717) is 12.3 Å². The molecule has 1 amide bonds. The lowest BCUT2D eigenvalue weighted by Crippen LogP contribution is -2.35. The van der Waals surface area contributed by atoms with E-state index in [4.69, 9.17) is 16.3 Å². The second-order valence-corrected chi connectivity index (χ2v) is 8.38. The number of benzene rings is 2. The Balaban J connectivity index is 1.48. The first kappa shape index (κ1) is 21.7. The first-order chi connectivity index (χ1) is 13.9. The summed E-state index contributed by atoms with van der Waals surface area (Å²) in [4.78, 5) is 14.9. The van der Waals surface area contributed by atoms with Gasteiger partial charge in [-0.15, -0.1) is 0 Å². The second kappa shape index (κ2) is 10.1. The van der Waals surface area contributed by atoms with Crippen LogP contribution in [0.3, 0.4) is 0 Å². The van der Waals surface area contributed by atoms with Crippen LogP contribution in [0.15, 0.2) is 36.4 Å². The van der Waals surface area contributed by atoms with Gasteiger partial charge >= 0.3 is 0 Å². The molecule has 1 fully saturated rings. The zero-order valence-corrected chi connectivity index (χ0v) is 18.4. The highest BCUT2D eigenvalue weighted by molar-refractivity contribution is 6.32. The number of ether oxygens (including phenoxy) is 1. The lowest BCUT2D eigenvalue weighted by molar-refractivity contribution is -0.127. The van der Waals surface area contributed by atoms with E-state index in [9.17, 15) is 4.79 Å². The number of nitrogens with zero attached hydrogens (tertiary/aromatic N) is 1. The zero-order valence-electron chi connectivity index (χ0n) is 17.6. The van der Waals surface area contributed by atoms with Crippen LogP contribution < -0.4 is 10.1 Å². The molecule has 1 atom stereocenters. The highest BCUT2D eigenvalue weighted by Gasteiger charge is 2.16. The predicted molar refractivity (Wildman–Crippen MR) is 118 cm³/mol. The summed E-state index contributed by atoms with van der Waals surface area (Å²) in [5.74, 6) is 0.529. The molecule has 0 radical (unpaired) electrons. The molecule has 0 spiro atoms. The smallest absolute Gasteiger partial charge is 0.261 e. The highest BCUT2D eigenvalue weighted by atomic mass is 35.5. The van der Waals surface area contributed by atoms with Gasteiger partial charge in [0.05, 0.1) is 0 Å². The quantitative estimate of drug-likeness (QED) is 0.691. The Kier molecular flexibility index (Phi) is 7.57. The molecule has 4 nitrogen and oxygen atoms in total. The Bertz CT molecular complexity index is 806. The van der Waals surface area contributed by atoms with Crippen molar-refractivity contribution in [3.63, 3.8) is 0 Å². The van der Waals surface area contributed by atoms with Gasteiger partial charge in [0, 0.05) is 18.1 Å². The minimum absolute atomic E-state index is 0.132. The third-order valence-electron chi connectivity index (χ3n) is 5.44. The summed E-state index contributed by atoms with van der Waals surface area (Å²) >= 11 is 6.19. The number of carbonyl (C=O) groups is 1. The monoisotopic (exact) mass is 414 g/mol. The fourth-order valence-electron chi connectivity index (χ4n) is 3.70. The molecular formula is C24H31ClN2O2. The Morgan fingerprint density at radius 2 is 1.66 bits per heavy atom. The van der Waals surface area contributed by atoms with Crippen LogP contribution in [0.5, 0.6) is 5.75 Å². The van der Waals surface area contributed by atoms with E-state index in [0.717, 1.165) is 28.3 Å². The maximum absolute atomic E-state index is 12.4. The van der Waals surface area contributed by atoms with Crippen molar-refractivity contribution >= 4 is 17.5 Å². The SMILES string of the molecule is Cc1cc(O[C@@H](C)C(=O)NCc2ccc(CN3CCCCC3)cc2)cc(C)c1Cl. The second-order valence-electron chi connectivity index (χ2n) is 8.00. The van der Waals surface area contributed by atoms with E-state index >= 15 is 0 Å². The van der Waals surface area contributed by atoms with Crippen LogP contribution in [-0.2, 0) is 17.9 Å². The largest absolute Gasteiger partial charge is 0.481 e. The van der Waals surface area contributed by atoms with E-state index in [-0.39, 0.29) is 5.91 Å². The average molecular weight is 415 g/mol.